The third kappa shape index (κ3) is 7.59. The maximum atomic E-state index is 13.4. The Labute approximate surface area is 232 Å². The van der Waals surface area contributed by atoms with Crippen molar-refractivity contribution >= 4 is 39.4 Å². The molecule has 4 rings (SSSR count). The summed E-state index contributed by atoms with van der Waals surface area (Å²) < 4.78 is 38.7. The molecule has 1 amide bonds. The number of benzene rings is 4. The number of halogens is 1. The monoisotopic (exact) mass is 563 g/mol. The largest absolute Gasteiger partial charge is 0.497 e. The number of carbonyl (C=O) groups excluding carboxylic acids is 1. The highest BCUT2D eigenvalue weighted by molar-refractivity contribution is 7.92. The van der Waals surface area contributed by atoms with E-state index in [1.165, 1.54) is 25.5 Å². The second kappa shape index (κ2) is 12.9. The SMILES string of the molecule is COc1ccc(N(CC(=O)N/N=C/c2ccc(OCc3ccc(Cl)cc3)cc2)S(=O)(=O)c2ccccc2)cc1. The standard InChI is InChI=1S/C29H26ClN3O5S/c1-37-26-17-13-25(14-18-26)33(39(35,36)28-5-3-2-4-6-28)20-29(34)32-31-19-22-9-15-27(16-10-22)38-21-23-7-11-24(30)12-8-23/h2-19H,20-21H2,1H3,(H,32,34)/b31-19+. The van der Waals surface area contributed by atoms with E-state index in [4.69, 9.17) is 21.1 Å². The van der Waals surface area contributed by atoms with Crippen molar-refractivity contribution in [3.05, 3.63) is 119 Å². The van der Waals surface area contributed by atoms with Crippen LogP contribution in [0.15, 0.2) is 113 Å². The van der Waals surface area contributed by atoms with Crippen molar-refractivity contribution in [2.24, 2.45) is 5.10 Å². The zero-order valence-electron chi connectivity index (χ0n) is 21.0. The lowest BCUT2D eigenvalue weighted by atomic mass is 10.2. The summed E-state index contributed by atoms with van der Waals surface area (Å²) in [6.45, 7) is -0.0738. The van der Waals surface area contributed by atoms with Gasteiger partial charge in [-0.25, -0.2) is 13.8 Å². The summed E-state index contributed by atoms with van der Waals surface area (Å²) in [5.41, 5.74) is 4.43. The Balaban J connectivity index is 1.39. The lowest BCUT2D eigenvalue weighted by Crippen LogP contribution is -2.39. The summed E-state index contributed by atoms with van der Waals surface area (Å²) in [6.07, 6.45) is 1.46. The van der Waals surface area contributed by atoms with Crippen molar-refractivity contribution < 1.29 is 22.7 Å². The van der Waals surface area contributed by atoms with Gasteiger partial charge in [0.1, 0.15) is 24.7 Å². The van der Waals surface area contributed by atoms with Gasteiger partial charge in [0, 0.05) is 5.02 Å². The fraction of sp³-hybridized carbons (Fsp3) is 0.103. The van der Waals surface area contributed by atoms with Gasteiger partial charge >= 0.3 is 0 Å². The van der Waals surface area contributed by atoms with Crippen LogP contribution in [-0.4, -0.2) is 34.2 Å². The molecule has 10 heteroatoms. The summed E-state index contributed by atoms with van der Waals surface area (Å²) in [5.74, 6) is 0.628. The lowest BCUT2D eigenvalue weighted by molar-refractivity contribution is -0.119. The smallest absolute Gasteiger partial charge is 0.264 e. The average Bonchev–Trinajstić information content (AvgIpc) is 2.97. The molecule has 0 aliphatic heterocycles. The van der Waals surface area contributed by atoms with E-state index < -0.39 is 22.5 Å². The summed E-state index contributed by atoms with van der Waals surface area (Å²) in [6, 6.07) is 28.9. The van der Waals surface area contributed by atoms with E-state index in [0.29, 0.717) is 28.8 Å². The number of hydrogen-bond acceptors (Lipinski definition) is 6. The van der Waals surface area contributed by atoms with E-state index in [9.17, 15) is 13.2 Å². The average molecular weight is 564 g/mol. The molecule has 0 aliphatic carbocycles. The Morgan fingerprint density at radius 3 is 2.18 bits per heavy atom. The summed E-state index contributed by atoms with van der Waals surface area (Å²) >= 11 is 5.90. The molecule has 0 spiro atoms. The van der Waals surface area contributed by atoms with E-state index in [0.717, 1.165) is 15.4 Å². The van der Waals surface area contributed by atoms with Gasteiger partial charge < -0.3 is 9.47 Å². The number of nitrogens with zero attached hydrogens (tertiary/aromatic N) is 2. The van der Waals surface area contributed by atoms with E-state index >= 15 is 0 Å². The predicted octanol–water partition coefficient (Wildman–Crippen LogP) is 5.27. The predicted molar refractivity (Wildman–Crippen MR) is 152 cm³/mol. The van der Waals surface area contributed by atoms with Gasteiger partial charge in [-0.15, -0.1) is 0 Å². The van der Waals surface area contributed by atoms with Crippen molar-refractivity contribution in [2.45, 2.75) is 11.5 Å². The van der Waals surface area contributed by atoms with E-state index in [-0.39, 0.29) is 4.90 Å². The van der Waals surface area contributed by atoms with Crippen molar-refractivity contribution in [2.75, 3.05) is 18.0 Å². The van der Waals surface area contributed by atoms with Crippen LogP contribution in [0.25, 0.3) is 0 Å². The second-order valence-corrected chi connectivity index (χ2v) is 10.6. The van der Waals surface area contributed by atoms with Gasteiger partial charge in [0.2, 0.25) is 0 Å². The van der Waals surface area contributed by atoms with Gasteiger partial charge in [-0.05, 0) is 83.9 Å². The van der Waals surface area contributed by atoms with Crippen LogP contribution >= 0.6 is 11.6 Å². The van der Waals surface area contributed by atoms with Crippen LogP contribution in [0.4, 0.5) is 5.69 Å². The number of rotatable bonds is 11. The molecule has 0 saturated carbocycles. The Bertz CT molecular complexity index is 1510. The molecule has 0 aliphatic rings. The van der Waals surface area contributed by atoms with Gasteiger partial charge in [0.15, 0.2) is 0 Å². The molecule has 0 saturated heterocycles. The number of carbonyl (C=O) groups is 1. The Hall–Kier alpha value is -4.34. The fourth-order valence-electron chi connectivity index (χ4n) is 3.53. The first kappa shape index (κ1) is 27.7. The molecule has 0 aromatic heterocycles. The number of sulfonamides is 1. The minimum absolute atomic E-state index is 0.0653. The summed E-state index contributed by atoms with van der Waals surface area (Å²) in [7, 11) is -2.50. The number of ether oxygens (including phenoxy) is 2. The normalized spacial score (nSPS) is 11.2. The number of amides is 1. The van der Waals surface area contributed by atoms with Crippen LogP contribution in [0.2, 0.25) is 5.02 Å². The minimum Gasteiger partial charge on any atom is -0.497 e. The minimum atomic E-state index is -4.02. The van der Waals surface area contributed by atoms with Crippen molar-refractivity contribution in [1.82, 2.24) is 5.43 Å². The topological polar surface area (TPSA) is 97.3 Å². The highest BCUT2D eigenvalue weighted by atomic mass is 35.5. The van der Waals surface area contributed by atoms with Gasteiger partial charge in [0.25, 0.3) is 15.9 Å². The molecular formula is C29H26ClN3O5S. The Morgan fingerprint density at radius 1 is 0.897 bits per heavy atom. The maximum absolute atomic E-state index is 13.4. The van der Waals surface area contributed by atoms with E-state index in [2.05, 4.69) is 10.5 Å². The van der Waals surface area contributed by atoms with Crippen LogP contribution in [0.3, 0.4) is 0 Å². The number of anilines is 1. The molecule has 0 fully saturated rings. The van der Waals surface area contributed by atoms with Gasteiger partial charge in [-0.2, -0.15) is 5.10 Å². The third-order valence-electron chi connectivity index (χ3n) is 5.58. The molecule has 0 bridgehead atoms. The number of methoxy groups -OCH3 is 1. The van der Waals surface area contributed by atoms with Crippen LogP contribution in [0.5, 0.6) is 11.5 Å². The highest BCUT2D eigenvalue weighted by Gasteiger charge is 2.27. The molecule has 0 atom stereocenters. The van der Waals surface area contributed by atoms with Crippen molar-refractivity contribution in [1.29, 1.82) is 0 Å². The number of hydrogen-bond donors (Lipinski definition) is 1. The van der Waals surface area contributed by atoms with Crippen LogP contribution in [0, 0.1) is 0 Å². The fourth-order valence-corrected chi connectivity index (χ4v) is 5.09. The van der Waals surface area contributed by atoms with Crippen LogP contribution < -0.4 is 19.2 Å². The first-order valence-corrected chi connectivity index (χ1v) is 13.7. The van der Waals surface area contributed by atoms with Crippen LogP contribution in [-0.2, 0) is 21.4 Å². The molecule has 0 unspecified atom stereocenters. The molecule has 4 aromatic rings. The number of hydrazone groups is 1. The molecule has 8 nitrogen and oxygen atoms in total. The molecule has 200 valence electrons. The molecule has 0 heterocycles. The Morgan fingerprint density at radius 2 is 1.54 bits per heavy atom. The summed E-state index contributed by atoms with van der Waals surface area (Å²) in [4.78, 5) is 12.8. The zero-order chi connectivity index (χ0) is 27.7. The molecule has 4 aromatic carbocycles. The van der Waals surface area contributed by atoms with Crippen molar-refractivity contribution in [3.8, 4) is 11.5 Å². The van der Waals surface area contributed by atoms with Crippen LogP contribution in [0.1, 0.15) is 11.1 Å². The first-order valence-electron chi connectivity index (χ1n) is 11.9. The number of nitrogens with one attached hydrogen (secondary N) is 1. The first-order chi connectivity index (χ1) is 18.8. The molecule has 39 heavy (non-hydrogen) atoms. The van der Waals surface area contributed by atoms with E-state index in [1.807, 2.05) is 12.1 Å². The quantitative estimate of drug-likeness (QED) is 0.198. The van der Waals surface area contributed by atoms with Gasteiger partial charge in [-0.3, -0.25) is 9.10 Å². The molecule has 0 radical (unpaired) electrons. The zero-order valence-corrected chi connectivity index (χ0v) is 22.6. The van der Waals surface area contributed by atoms with Gasteiger partial charge in [0.05, 0.1) is 23.9 Å². The highest BCUT2D eigenvalue weighted by Crippen LogP contribution is 2.25. The van der Waals surface area contributed by atoms with E-state index in [1.54, 1.807) is 78.9 Å². The van der Waals surface area contributed by atoms with Gasteiger partial charge in [-0.1, -0.05) is 41.9 Å². The molecular weight excluding hydrogens is 538 g/mol. The lowest BCUT2D eigenvalue weighted by Gasteiger charge is -2.23. The Kier molecular flexibility index (Phi) is 9.19. The summed E-state index contributed by atoms with van der Waals surface area (Å²) in [5, 5.41) is 4.65. The second-order valence-electron chi connectivity index (χ2n) is 8.30. The molecule has 1 N–H and O–H groups in total. The maximum Gasteiger partial charge on any atom is 0.264 e. The third-order valence-corrected chi connectivity index (χ3v) is 7.62. The van der Waals surface area contributed by atoms with Crippen molar-refractivity contribution in [3.63, 3.8) is 0 Å².